The Morgan fingerprint density at radius 1 is 1.28 bits per heavy atom. The molecular formula is C14H23NO3. The van der Waals surface area contributed by atoms with E-state index in [1.165, 1.54) is 6.42 Å². The first-order valence-corrected chi connectivity index (χ1v) is 7.11. The molecule has 4 heteroatoms. The molecule has 1 N–H and O–H groups in total. The van der Waals surface area contributed by atoms with Gasteiger partial charge in [-0.05, 0) is 25.7 Å². The van der Waals surface area contributed by atoms with E-state index in [1.54, 1.807) is 4.90 Å². The summed E-state index contributed by atoms with van der Waals surface area (Å²) in [5, 5.41) is 9.34. The second-order valence-electron chi connectivity index (χ2n) is 5.78. The lowest BCUT2D eigenvalue weighted by Crippen LogP contribution is -2.39. The molecule has 102 valence electrons. The molecule has 0 spiro atoms. The highest BCUT2D eigenvalue weighted by molar-refractivity contribution is 5.82. The Labute approximate surface area is 108 Å². The maximum absolute atomic E-state index is 12.4. The minimum absolute atomic E-state index is 0.153. The van der Waals surface area contributed by atoms with Crippen LogP contribution in [0.1, 0.15) is 51.9 Å². The first-order valence-electron chi connectivity index (χ1n) is 7.11. The minimum atomic E-state index is -0.746. The molecule has 1 amide bonds. The van der Waals surface area contributed by atoms with Crippen molar-refractivity contribution >= 4 is 11.9 Å². The molecule has 0 aromatic rings. The zero-order valence-electron chi connectivity index (χ0n) is 11.2. The van der Waals surface area contributed by atoms with Gasteiger partial charge in [0.1, 0.15) is 0 Å². The SMILES string of the molecule is CCC1(C(=O)O)CCN(C(=O)C2CCCCC2)C1. The van der Waals surface area contributed by atoms with Gasteiger partial charge in [0.15, 0.2) is 0 Å². The van der Waals surface area contributed by atoms with Gasteiger partial charge in [-0.25, -0.2) is 0 Å². The molecule has 1 heterocycles. The van der Waals surface area contributed by atoms with E-state index < -0.39 is 11.4 Å². The van der Waals surface area contributed by atoms with E-state index in [-0.39, 0.29) is 11.8 Å². The van der Waals surface area contributed by atoms with Crippen LogP contribution >= 0.6 is 0 Å². The van der Waals surface area contributed by atoms with Crippen molar-refractivity contribution in [3.63, 3.8) is 0 Å². The molecule has 1 aliphatic carbocycles. The zero-order chi connectivity index (χ0) is 13.2. The van der Waals surface area contributed by atoms with Crippen LogP contribution in [0.4, 0.5) is 0 Å². The average molecular weight is 253 g/mol. The summed E-state index contributed by atoms with van der Waals surface area (Å²) >= 11 is 0. The summed E-state index contributed by atoms with van der Waals surface area (Å²) in [7, 11) is 0. The highest BCUT2D eigenvalue weighted by Crippen LogP contribution is 2.36. The molecule has 0 aromatic carbocycles. The Balaban J connectivity index is 1.99. The number of carbonyl (C=O) groups excluding carboxylic acids is 1. The number of carboxylic acid groups (broad SMARTS) is 1. The lowest BCUT2D eigenvalue weighted by molar-refractivity contribution is -0.149. The van der Waals surface area contributed by atoms with Crippen LogP contribution in [0.5, 0.6) is 0 Å². The summed E-state index contributed by atoms with van der Waals surface area (Å²) in [6, 6.07) is 0. The Hall–Kier alpha value is -1.06. The number of hydrogen-bond acceptors (Lipinski definition) is 2. The zero-order valence-corrected chi connectivity index (χ0v) is 11.2. The third-order valence-electron chi connectivity index (χ3n) is 4.75. The predicted molar refractivity (Wildman–Crippen MR) is 68.1 cm³/mol. The van der Waals surface area contributed by atoms with E-state index in [0.717, 1.165) is 25.7 Å². The Kier molecular flexibility index (Phi) is 3.93. The number of amides is 1. The molecular weight excluding hydrogens is 230 g/mol. The van der Waals surface area contributed by atoms with Gasteiger partial charge in [-0.15, -0.1) is 0 Å². The fourth-order valence-electron chi connectivity index (χ4n) is 3.28. The van der Waals surface area contributed by atoms with Crippen molar-refractivity contribution in [3.8, 4) is 0 Å². The lowest BCUT2D eigenvalue weighted by Gasteiger charge is -2.28. The summed E-state index contributed by atoms with van der Waals surface area (Å²) in [6.45, 7) is 2.94. The first kappa shape index (κ1) is 13.4. The molecule has 18 heavy (non-hydrogen) atoms. The van der Waals surface area contributed by atoms with Gasteiger partial charge < -0.3 is 10.0 Å². The maximum Gasteiger partial charge on any atom is 0.311 e. The molecule has 2 fully saturated rings. The van der Waals surface area contributed by atoms with Gasteiger partial charge in [-0.2, -0.15) is 0 Å². The molecule has 1 saturated carbocycles. The summed E-state index contributed by atoms with van der Waals surface area (Å²) in [5.74, 6) is -0.393. The third kappa shape index (κ3) is 2.38. The topological polar surface area (TPSA) is 57.6 Å². The number of carboxylic acids is 1. The van der Waals surface area contributed by atoms with E-state index >= 15 is 0 Å². The van der Waals surface area contributed by atoms with Crippen molar-refractivity contribution in [1.82, 2.24) is 4.90 Å². The molecule has 0 radical (unpaired) electrons. The number of hydrogen-bond donors (Lipinski definition) is 1. The molecule has 1 unspecified atom stereocenters. The van der Waals surface area contributed by atoms with Crippen LogP contribution in [0.15, 0.2) is 0 Å². The highest BCUT2D eigenvalue weighted by atomic mass is 16.4. The van der Waals surface area contributed by atoms with Crippen LogP contribution in [-0.2, 0) is 9.59 Å². The van der Waals surface area contributed by atoms with Crippen molar-refractivity contribution in [2.45, 2.75) is 51.9 Å². The van der Waals surface area contributed by atoms with Crippen LogP contribution < -0.4 is 0 Å². The van der Waals surface area contributed by atoms with Gasteiger partial charge in [0.05, 0.1) is 5.41 Å². The quantitative estimate of drug-likeness (QED) is 0.839. The standard InChI is InChI=1S/C14H23NO3/c1-2-14(13(17)18)8-9-15(10-14)12(16)11-6-4-3-5-7-11/h11H,2-10H2,1H3,(H,17,18). The van der Waals surface area contributed by atoms with Crippen molar-refractivity contribution in [1.29, 1.82) is 0 Å². The molecule has 1 atom stereocenters. The minimum Gasteiger partial charge on any atom is -0.481 e. The molecule has 1 aliphatic heterocycles. The lowest BCUT2D eigenvalue weighted by atomic mass is 9.84. The fourth-order valence-corrected chi connectivity index (χ4v) is 3.28. The second-order valence-corrected chi connectivity index (χ2v) is 5.78. The third-order valence-corrected chi connectivity index (χ3v) is 4.75. The van der Waals surface area contributed by atoms with Gasteiger partial charge in [-0.1, -0.05) is 26.2 Å². The van der Waals surface area contributed by atoms with Crippen LogP contribution in [0.3, 0.4) is 0 Å². The summed E-state index contributed by atoms with van der Waals surface area (Å²) < 4.78 is 0. The fraction of sp³-hybridized carbons (Fsp3) is 0.857. The van der Waals surface area contributed by atoms with E-state index in [9.17, 15) is 14.7 Å². The highest BCUT2D eigenvalue weighted by Gasteiger charge is 2.45. The van der Waals surface area contributed by atoms with Gasteiger partial charge in [0.25, 0.3) is 0 Å². The van der Waals surface area contributed by atoms with Crippen LogP contribution in [0, 0.1) is 11.3 Å². The van der Waals surface area contributed by atoms with Crippen molar-refractivity contribution in [3.05, 3.63) is 0 Å². The van der Waals surface area contributed by atoms with Gasteiger partial charge in [0, 0.05) is 19.0 Å². The van der Waals surface area contributed by atoms with Gasteiger partial charge >= 0.3 is 5.97 Å². The number of likely N-dealkylation sites (tertiary alicyclic amines) is 1. The summed E-state index contributed by atoms with van der Waals surface area (Å²) in [4.78, 5) is 25.5. The number of aliphatic carboxylic acids is 1. The van der Waals surface area contributed by atoms with E-state index in [4.69, 9.17) is 0 Å². The largest absolute Gasteiger partial charge is 0.481 e. The van der Waals surface area contributed by atoms with Crippen molar-refractivity contribution in [2.24, 2.45) is 11.3 Å². The second kappa shape index (κ2) is 5.29. The van der Waals surface area contributed by atoms with Crippen LogP contribution in [0.25, 0.3) is 0 Å². The molecule has 4 nitrogen and oxygen atoms in total. The Bertz CT molecular complexity index is 336. The van der Waals surface area contributed by atoms with Crippen LogP contribution in [-0.4, -0.2) is 35.0 Å². The molecule has 1 saturated heterocycles. The molecule has 0 bridgehead atoms. The monoisotopic (exact) mass is 253 g/mol. The summed E-state index contributed by atoms with van der Waals surface area (Å²) in [5.41, 5.74) is -0.690. The first-order chi connectivity index (χ1) is 8.59. The average Bonchev–Trinajstić information content (AvgIpc) is 2.84. The molecule has 2 aliphatic rings. The normalized spacial score (nSPS) is 29.5. The number of carbonyl (C=O) groups is 2. The van der Waals surface area contributed by atoms with E-state index in [0.29, 0.717) is 25.9 Å². The summed E-state index contributed by atoms with van der Waals surface area (Å²) in [6.07, 6.45) is 6.71. The maximum atomic E-state index is 12.4. The van der Waals surface area contributed by atoms with Crippen molar-refractivity contribution in [2.75, 3.05) is 13.1 Å². The van der Waals surface area contributed by atoms with Crippen LogP contribution in [0.2, 0.25) is 0 Å². The Morgan fingerprint density at radius 3 is 2.44 bits per heavy atom. The van der Waals surface area contributed by atoms with E-state index in [1.807, 2.05) is 6.92 Å². The number of rotatable bonds is 3. The number of nitrogens with zero attached hydrogens (tertiary/aromatic N) is 1. The smallest absolute Gasteiger partial charge is 0.311 e. The molecule has 2 rings (SSSR count). The predicted octanol–water partition coefficient (Wildman–Crippen LogP) is 2.28. The van der Waals surface area contributed by atoms with Gasteiger partial charge in [0.2, 0.25) is 5.91 Å². The Morgan fingerprint density at radius 2 is 1.94 bits per heavy atom. The van der Waals surface area contributed by atoms with E-state index in [2.05, 4.69) is 0 Å². The van der Waals surface area contributed by atoms with Gasteiger partial charge in [-0.3, -0.25) is 9.59 Å². The van der Waals surface area contributed by atoms with Crippen molar-refractivity contribution < 1.29 is 14.7 Å². The molecule has 0 aromatic heterocycles.